The third kappa shape index (κ3) is 2.59. The summed E-state index contributed by atoms with van der Waals surface area (Å²) in [6.07, 6.45) is 2.19. The van der Waals surface area contributed by atoms with E-state index >= 15 is 0 Å². The molecular weight excluding hydrogens is 290 g/mol. The van der Waals surface area contributed by atoms with Crippen LogP contribution in [0.15, 0.2) is 85.1 Å². The van der Waals surface area contributed by atoms with Crippen molar-refractivity contribution in [1.29, 1.82) is 0 Å². The molecule has 0 N–H and O–H groups in total. The molecule has 0 aliphatic heterocycles. The van der Waals surface area contributed by atoms with Crippen LogP contribution >= 0.6 is 0 Å². The van der Waals surface area contributed by atoms with Gasteiger partial charge in [0.25, 0.3) is 0 Å². The number of hydrogen-bond acceptors (Lipinski definition) is 0. The topological polar surface area (TPSA) is 4.93 Å². The number of hydrogen-bond donors (Lipinski definition) is 0. The normalized spacial score (nSPS) is 10.4. The van der Waals surface area contributed by atoms with Gasteiger partial charge >= 0.3 is 0 Å². The summed E-state index contributed by atoms with van der Waals surface area (Å²) >= 11 is 0. The molecule has 4 rings (SSSR count). The lowest BCUT2D eigenvalue weighted by Gasteiger charge is -2.08. The maximum absolute atomic E-state index is 3.33. The third-order valence-corrected chi connectivity index (χ3v) is 4.19. The van der Waals surface area contributed by atoms with E-state index in [9.17, 15) is 0 Å². The Morgan fingerprint density at radius 1 is 0.708 bits per heavy atom. The summed E-state index contributed by atoms with van der Waals surface area (Å²) in [7, 11) is 0. The van der Waals surface area contributed by atoms with Crippen LogP contribution in [-0.4, -0.2) is 4.57 Å². The van der Waals surface area contributed by atoms with E-state index in [0.29, 0.717) is 0 Å². The molecule has 0 aliphatic rings. The predicted octanol–water partition coefficient (Wildman–Crippen LogP) is 5.34. The van der Waals surface area contributed by atoms with Crippen molar-refractivity contribution >= 4 is 10.9 Å². The van der Waals surface area contributed by atoms with Crippen molar-refractivity contribution in [3.8, 4) is 17.5 Å². The number of aromatic nitrogens is 1. The van der Waals surface area contributed by atoms with Gasteiger partial charge in [0.2, 0.25) is 0 Å². The van der Waals surface area contributed by atoms with Crippen molar-refractivity contribution in [3.63, 3.8) is 0 Å². The van der Waals surface area contributed by atoms with E-state index in [1.807, 2.05) is 36.4 Å². The lowest BCUT2D eigenvalue weighted by molar-refractivity contribution is 1.11. The van der Waals surface area contributed by atoms with Crippen molar-refractivity contribution in [2.45, 2.75) is 6.92 Å². The van der Waals surface area contributed by atoms with Crippen molar-refractivity contribution in [3.05, 3.63) is 102 Å². The number of aryl methyl sites for hydroxylation is 1. The Balaban J connectivity index is 1.87. The molecular formula is C23H17N. The van der Waals surface area contributed by atoms with Gasteiger partial charge in [-0.2, -0.15) is 0 Å². The minimum Gasteiger partial charge on any atom is -0.315 e. The Hall–Kier alpha value is -3.24. The molecule has 3 aromatic carbocycles. The first kappa shape index (κ1) is 14.4. The van der Waals surface area contributed by atoms with Crippen molar-refractivity contribution in [2.75, 3.05) is 0 Å². The number of nitrogens with zero attached hydrogens (tertiary/aromatic N) is 1. The molecule has 24 heavy (non-hydrogen) atoms. The fourth-order valence-electron chi connectivity index (χ4n) is 3.00. The maximum atomic E-state index is 3.33. The van der Waals surface area contributed by atoms with Gasteiger partial charge in [0.1, 0.15) is 0 Å². The Labute approximate surface area is 142 Å². The van der Waals surface area contributed by atoms with Gasteiger partial charge in [0.05, 0.1) is 11.2 Å². The highest BCUT2D eigenvalue weighted by molar-refractivity contribution is 5.85. The monoisotopic (exact) mass is 307 g/mol. The zero-order chi connectivity index (χ0) is 16.4. The van der Waals surface area contributed by atoms with Crippen LogP contribution in [0.1, 0.15) is 16.7 Å². The van der Waals surface area contributed by atoms with Crippen LogP contribution in [-0.2, 0) is 0 Å². The van der Waals surface area contributed by atoms with Gasteiger partial charge in [-0.3, -0.25) is 0 Å². The van der Waals surface area contributed by atoms with Crippen LogP contribution in [0.25, 0.3) is 16.6 Å². The first-order chi connectivity index (χ1) is 11.8. The Bertz CT molecular complexity index is 1060. The number of rotatable bonds is 1. The zero-order valence-corrected chi connectivity index (χ0v) is 13.5. The molecule has 1 heterocycles. The van der Waals surface area contributed by atoms with Crippen molar-refractivity contribution in [1.82, 2.24) is 4.57 Å². The average molecular weight is 307 g/mol. The summed E-state index contributed by atoms with van der Waals surface area (Å²) in [5.74, 6) is 6.59. The number of benzene rings is 3. The van der Waals surface area contributed by atoms with Crippen molar-refractivity contribution in [2.24, 2.45) is 0 Å². The van der Waals surface area contributed by atoms with E-state index in [-0.39, 0.29) is 0 Å². The molecule has 0 saturated carbocycles. The molecule has 0 saturated heterocycles. The van der Waals surface area contributed by atoms with Crippen LogP contribution < -0.4 is 0 Å². The van der Waals surface area contributed by atoms with Gasteiger partial charge in [-0.1, -0.05) is 60.4 Å². The second kappa shape index (κ2) is 6.10. The Kier molecular flexibility index (Phi) is 3.65. The lowest BCUT2D eigenvalue weighted by atomic mass is 10.1. The molecule has 1 nitrogen and oxygen atoms in total. The minimum atomic E-state index is 1.03. The Morgan fingerprint density at radius 3 is 2.29 bits per heavy atom. The molecule has 1 heteroatoms. The van der Waals surface area contributed by atoms with Gasteiger partial charge in [-0.05, 0) is 42.8 Å². The summed E-state index contributed by atoms with van der Waals surface area (Å²) in [5, 5.41) is 1.28. The van der Waals surface area contributed by atoms with Crippen LogP contribution in [0, 0.1) is 18.8 Å². The molecule has 0 spiro atoms. The summed E-state index contributed by atoms with van der Waals surface area (Å²) in [6, 6.07) is 26.9. The molecule has 0 aliphatic carbocycles. The van der Waals surface area contributed by atoms with E-state index in [0.717, 1.165) is 16.8 Å². The molecule has 4 aromatic rings. The predicted molar refractivity (Wildman–Crippen MR) is 100 cm³/mol. The van der Waals surface area contributed by atoms with E-state index in [1.54, 1.807) is 0 Å². The molecule has 0 amide bonds. The quantitative estimate of drug-likeness (QED) is 0.418. The van der Waals surface area contributed by atoms with Gasteiger partial charge < -0.3 is 4.57 Å². The highest BCUT2D eigenvalue weighted by Gasteiger charge is 2.08. The first-order valence-corrected chi connectivity index (χ1v) is 8.06. The van der Waals surface area contributed by atoms with Crippen LogP contribution in [0.5, 0.6) is 0 Å². The number of fused-ring (bicyclic) bond motifs is 1. The fourth-order valence-corrected chi connectivity index (χ4v) is 3.00. The molecule has 0 unspecified atom stereocenters. The largest absolute Gasteiger partial charge is 0.315 e. The summed E-state index contributed by atoms with van der Waals surface area (Å²) in [5.41, 5.74) is 5.66. The highest BCUT2D eigenvalue weighted by atomic mass is 15.0. The second-order valence-corrected chi connectivity index (χ2v) is 5.83. The van der Waals surface area contributed by atoms with Gasteiger partial charge in [-0.15, -0.1) is 0 Å². The second-order valence-electron chi connectivity index (χ2n) is 5.83. The minimum absolute atomic E-state index is 1.03. The summed E-state index contributed by atoms with van der Waals surface area (Å²) < 4.78 is 2.24. The molecule has 0 atom stereocenters. The van der Waals surface area contributed by atoms with Crippen molar-refractivity contribution < 1.29 is 0 Å². The van der Waals surface area contributed by atoms with Crippen LogP contribution in [0.2, 0.25) is 0 Å². The van der Waals surface area contributed by atoms with Gasteiger partial charge in [-0.25, -0.2) is 0 Å². The van der Waals surface area contributed by atoms with E-state index in [1.165, 1.54) is 16.5 Å². The van der Waals surface area contributed by atoms with Gasteiger partial charge in [0, 0.05) is 22.7 Å². The van der Waals surface area contributed by atoms with E-state index in [2.05, 4.69) is 72.0 Å². The smallest absolute Gasteiger partial charge is 0.0612 e. The SMILES string of the molecule is Cc1cn(-c2ccccc2C#Cc2ccccc2)c2ccccc12. The first-order valence-electron chi connectivity index (χ1n) is 8.06. The van der Waals surface area contributed by atoms with Crippen LogP contribution in [0.4, 0.5) is 0 Å². The van der Waals surface area contributed by atoms with Gasteiger partial charge in [0.15, 0.2) is 0 Å². The average Bonchev–Trinajstić information content (AvgIpc) is 2.98. The summed E-state index contributed by atoms with van der Waals surface area (Å²) in [6.45, 7) is 2.15. The molecule has 0 bridgehead atoms. The maximum Gasteiger partial charge on any atom is 0.0612 e. The molecule has 0 radical (unpaired) electrons. The highest BCUT2D eigenvalue weighted by Crippen LogP contribution is 2.25. The van der Waals surface area contributed by atoms with E-state index in [4.69, 9.17) is 0 Å². The van der Waals surface area contributed by atoms with Crippen LogP contribution in [0.3, 0.4) is 0 Å². The molecule has 114 valence electrons. The lowest BCUT2D eigenvalue weighted by Crippen LogP contribution is -1.95. The standard InChI is InChI=1S/C23H17N/c1-18-17-24(23-14-8-6-12-21(18)23)22-13-7-5-11-20(22)16-15-19-9-3-2-4-10-19/h2-14,17H,1H3. The third-order valence-electron chi connectivity index (χ3n) is 4.19. The number of para-hydroxylation sites is 2. The molecule has 0 fully saturated rings. The fraction of sp³-hybridized carbons (Fsp3) is 0.0435. The molecule has 1 aromatic heterocycles. The Morgan fingerprint density at radius 2 is 1.42 bits per heavy atom. The van der Waals surface area contributed by atoms with E-state index < -0.39 is 0 Å². The summed E-state index contributed by atoms with van der Waals surface area (Å²) in [4.78, 5) is 0. The zero-order valence-electron chi connectivity index (χ0n) is 13.5.